The number of halogens is 1. The van der Waals surface area contributed by atoms with Gasteiger partial charge in [0.05, 0.1) is 5.71 Å². The second-order valence-corrected chi connectivity index (χ2v) is 4.45. The van der Waals surface area contributed by atoms with E-state index in [1.54, 1.807) is 26.0 Å². The summed E-state index contributed by atoms with van der Waals surface area (Å²) >= 11 is 0. The van der Waals surface area contributed by atoms with E-state index in [1.165, 1.54) is 6.07 Å². The number of aryl methyl sites for hydroxylation is 1. The summed E-state index contributed by atoms with van der Waals surface area (Å²) in [7, 11) is 0. The summed E-state index contributed by atoms with van der Waals surface area (Å²) < 4.78 is 13.1. The van der Waals surface area contributed by atoms with Crippen LogP contribution in [-0.2, 0) is 4.79 Å². The highest BCUT2D eigenvalue weighted by Gasteiger charge is 2.38. The Morgan fingerprint density at radius 1 is 1.59 bits per heavy atom. The highest BCUT2D eigenvalue weighted by molar-refractivity contribution is 6.05. The molecule has 0 saturated heterocycles. The van der Waals surface area contributed by atoms with Crippen molar-refractivity contribution in [3.63, 3.8) is 0 Å². The zero-order valence-electron chi connectivity index (χ0n) is 9.62. The van der Waals surface area contributed by atoms with Gasteiger partial charge in [0.1, 0.15) is 5.82 Å². The zero-order chi connectivity index (χ0) is 12.6. The van der Waals surface area contributed by atoms with Crippen molar-refractivity contribution in [3.8, 4) is 0 Å². The highest BCUT2D eigenvalue weighted by Crippen LogP contribution is 2.22. The lowest BCUT2D eigenvalue weighted by molar-refractivity contribution is -0.143. The van der Waals surface area contributed by atoms with Crippen molar-refractivity contribution in [1.82, 2.24) is 5.43 Å². The molecular weight excluding hydrogens is 223 g/mol. The van der Waals surface area contributed by atoms with Crippen LogP contribution in [0.25, 0.3) is 0 Å². The highest BCUT2D eigenvalue weighted by atomic mass is 19.1. The Kier molecular flexibility index (Phi) is 2.61. The Morgan fingerprint density at radius 2 is 2.29 bits per heavy atom. The van der Waals surface area contributed by atoms with Crippen LogP contribution in [0.4, 0.5) is 4.39 Å². The van der Waals surface area contributed by atoms with Crippen molar-refractivity contribution in [2.75, 3.05) is 0 Å². The Labute approximate surface area is 98.2 Å². The summed E-state index contributed by atoms with van der Waals surface area (Å²) in [5.41, 5.74) is 3.45. The molecule has 1 aliphatic heterocycles. The molecule has 2 rings (SSSR count). The molecule has 0 spiro atoms. The quantitative estimate of drug-likeness (QED) is 0.821. The number of hydrazone groups is 1. The molecule has 0 saturated carbocycles. The molecule has 0 amide bonds. The van der Waals surface area contributed by atoms with Crippen molar-refractivity contribution in [2.24, 2.45) is 5.10 Å². The number of aliphatic carboxylic acids is 1. The molecule has 4 nitrogen and oxygen atoms in total. The van der Waals surface area contributed by atoms with Crippen LogP contribution in [0.5, 0.6) is 0 Å². The van der Waals surface area contributed by atoms with Gasteiger partial charge in [-0.05, 0) is 37.1 Å². The molecule has 1 aromatic rings. The molecule has 1 aromatic carbocycles. The van der Waals surface area contributed by atoms with Gasteiger partial charge < -0.3 is 5.11 Å². The number of hydrogen-bond donors (Lipinski definition) is 2. The Morgan fingerprint density at radius 3 is 2.82 bits per heavy atom. The summed E-state index contributed by atoms with van der Waals surface area (Å²) in [4.78, 5) is 11.0. The molecule has 2 N–H and O–H groups in total. The van der Waals surface area contributed by atoms with E-state index >= 15 is 0 Å². The Balaban J connectivity index is 2.26. The molecule has 1 heterocycles. The maximum Gasteiger partial charge on any atom is 0.331 e. The lowest BCUT2D eigenvalue weighted by atomic mass is 9.93. The number of carboxylic acid groups (broad SMARTS) is 1. The molecule has 1 aliphatic rings. The standard InChI is InChI=1S/C12H13FN2O2/c1-7-5-8(3-4-9(7)13)10-6-12(2,11(16)17)15-14-10/h3-5,15H,6H2,1-2H3,(H,16,17). The molecule has 1 unspecified atom stereocenters. The van der Waals surface area contributed by atoms with E-state index in [2.05, 4.69) is 10.5 Å². The maximum atomic E-state index is 13.1. The first-order chi connectivity index (χ1) is 7.92. The fraction of sp³-hybridized carbons (Fsp3) is 0.333. The van der Waals surface area contributed by atoms with Gasteiger partial charge in [0.2, 0.25) is 0 Å². The fourth-order valence-electron chi connectivity index (χ4n) is 1.72. The van der Waals surface area contributed by atoms with Crippen molar-refractivity contribution in [2.45, 2.75) is 25.8 Å². The Bertz CT molecular complexity index is 513. The van der Waals surface area contributed by atoms with Gasteiger partial charge in [0, 0.05) is 6.42 Å². The minimum Gasteiger partial charge on any atom is -0.479 e. The smallest absolute Gasteiger partial charge is 0.331 e. The molecular formula is C12H13FN2O2. The third-order valence-electron chi connectivity index (χ3n) is 2.92. The number of rotatable bonds is 2. The second-order valence-electron chi connectivity index (χ2n) is 4.45. The molecule has 90 valence electrons. The maximum absolute atomic E-state index is 13.1. The van der Waals surface area contributed by atoms with E-state index in [0.717, 1.165) is 5.56 Å². The van der Waals surface area contributed by atoms with Crippen LogP contribution in [0, 0.1) is 12.7 Å². The minimum absolute atomic E-state index is 0.277. The van der Waals surface area contributed by atoms with Crippen LogP contribution in [0.3, 0.4) is 0 Å². The van der Waals surface area contributed by atoms with Gasteiger partial charge in [-0.2, -0.15) is 5.10 Å². The summed E-state index contributed by atoms with van der Waals surface area (Å²) in [6.45, 7) is 3.24. The first-order valence-corrected chi connectivity index (χ1v) is 5.26. The fourth-order valence-corrected chi connectivity index (χ4v) is 1.72. The van der Waals surface area contributed by atoms with E-state index < -0.39 is 11.5 Å². The van der Waals surface area contributed by atoms with E-state index in [0.29, 0.717) is 11.3 Å². The van der Waals surface area contributed by atoms with E-state index in [1.807, 2.05) is 0 Å². The molecule has 0 radical (unpaired) electrons. The molecule has 0 bridgehead atoms. The third-order valence-corrected chi connectivity index (χ3v) is 2.92. The van der Waals surface area contributed by atoms with Crippen LogP contribution in [0.2, 0.25) is 0 Å². The SMILES string of the molecule is Cc1cc(C2=NNC(C)(C(=O)O)C2)ccc1F. The van der Waals surface area contributed by atoms with Gasteiger partial charge in [-0.15, -0.1) is 0 Å². The van der Waals surface area contributed by atoms with Crippen LogP contribution in [0.15, 0.2) is 23.3 Å². The normalized spacial score (nSPS) is 23.1. The van der Waals surface area contributed by atoms with Gasteiger partial charge >= 0.3 is 5.97 Å². The van der Waals surface area contributed by atoms with E-state index in [9.17, 15) is 9.18 Å². The predicted molar refractivity (Wildman–Crippen MR) is 61.5 cm³/mol. The largest absolute Gasteiger partial charge is 0.479 e. The van der Waals surface area contributed by atoms with Crippen molar-refractivity contribution >= 4 is 11.7 Å². The van der Waals surface area contributed by atoms with Crippen LogP contribution < -0.4 is 5.43 Å². The first kappa shape index (κ1) is 11.6. The van der Waals surface area contributed by atoms with Crippen molar-refractivity contribution in [3.05, 3.63) is 35.1 Å². The number of nitrogens with zero attached hydrogens (tertiary/aromatic N) is 1. The van der Waals surface area contributed by atoms with Crippen molar-refractivity contribution in [1.29, 1.82) is 0 Å². The first-order valence-electron chi connectivity index (χ1n) is 5.26. The summed E-state index contributed by atoms with van der Waals surface area (Å²) in [6, 6.07) is 4.64. The molecule has 0 aliphatic carbocycles. The summed E-state index contributed by atoms with van der Waals surface area (Å²) in [6.07, 6.45) is 0.285. The van der Waals surface area contributed by atoms with Crippen molar-refractivity contribution < 1.29 is 14.3 Å². The van der Waals surface area contributed by atoms with E-state index in [-0.39, 0.29) is 12.2 Å². The van der Waals surface area contributed by atoms with Gasteiger partial charge in [-0.3, -0.25) is 5.43 Å². The van der Waals surface area contributed by atoms with Crippen LogP contribution in [0.1, 0.15) is 24.5 Å². The topological polar surface area (TPSA) is 61.7 Å². The summed E-state index contributed by atoms with van der Waals surface area (Å²) in [5, 5.41) is 13.1. The lowest BCUT2D eigenvalue weighted by Crippen LogP contribution is -2.44. The number of carboxylic acids is 1. The van der Waals surface area contributed by atoms with Crippen LogP contribution >= 0.6 is 0 Å². The van der Waals surface area contributed by atoms with Gasteiger partial charge in [-0.25, -0.2) is 9.18 Å². The Hall–Kier alpha value is -1.91. The van der Waals surface area contributed by atoms with E-state index in [4.69, 9.17) is 5.11 Å². The number of benzene rings is 1. The van der Waals surface area contributed by atoms with Crippen LogP contribution in [-0.4, -0.2) is 22.3 Å². The number of carbonyl (C=O) groups is 1. The molecule has 1 atom stereocenters. The number of nitrogens with one attached hydrogen (secondary N) is 1. The predicted octanol–water partition coefficient (Wildman–Crippen LogP) is 1.67. The third kappa shape index (κ3) is 2.00. The average Bonchev–Trinajstić information content (AvgIpc) is 2.67. The van der Waals surface area contributed by atoms with Gasteiger partial charge in [0.15, 0.2) is 5.54 Å². The molecule has 0 aromatic heterocycles. The second kappa shape index (κ2) is 3.84. The molecule has 5 heteroatoms. The van der Waals surface area contributed by atoms with Gasteiger partial charge in [0.25, 0.3) is 0 Å². The average molecular weight is 236 g/mol. The lowest BCUT2D eigenvalue weighted by Gasteiger charge is -2.16. The number of hydrogen-bond acceptors (Lipinski definition) is 3. The minimum atomic E-state index is -1.07. The summed E-state index contributed by atoms with van der Waals surface area (Å²) in [5.74, 6) is -1.23. The van der Waals surface area contributed by atoms with Gasteiger partial charge in [-0.1, -0.05) is 6.07 Å². The molecule has 0 fully saturated rings. The zero-order valence-corrected chi connectivity index (χ0v) is 9.62. The monoisotopic (exact) mass is 236 g/mol. The molecule has 17 heavy (non-hydrogen) atoms.